The number of thioether (sulfide) groups is 1. The highest BCUT2D eigenvalue weighted by molar-refractivity contribution is 9.10. The lowest BCUT2D eigenvalue weighted by molar-refractivity contribution is -0.115. The van der Waals surface area contributed by atoms with Crippen LogP contribution in [-0.4, -0.2) is 11.1 Å². The molecule has 2 aromatic carbocycles. The van der Waals surface area contributed by atoms with Crippen molar-refractivity contribution < 1.29 is 4.79 Å². The van der Waals surface area contributed by atoms with Crippen molar-refractivity contribution in [1.82, 2.24) is 5.32 Å². The van der Waals surface area contributed by atoms with Crippen LogP contribution in [0.4, 0.5) is 5.69 Å². The molecule has 0 spiro atoms. The van der Waals surface area contributed by atoms with Crippen LogP contribution in [0.25, 0.3) is 6.08 Å². The van der Waals surface area contributed by atoms with Crippen LogP contribution in [0.3, 0.4) is 0 Å². The van der Waals surface area contributed by atoms with Crippen molar-refractivity contribution in [3.05, 3.63) is 68.5 Å². The molecule has 1 amide bonds. The Bertz CT molecular complexity index is 825. The highest BCUT2D eigenvalue weighted by atomic mass is 79.9. The molecule has 3 rings (SSSR count). The first-order chi connectivity index (χ1) is 11.0. The van der Waals surface area contributed by atoms with Crippen molar-refractivity contribution >= 4 is 50.5 Å². The number of nitrogens with one attached hydrogen (secondary N) is 1. The van der Waals surface area contributed by atoms with Crippen LogP contribution in [0.1, 0.15) is 16.7 Å². The number of amidine groups is 1. The van der Waals surface area contributed by atoms with Gasteiger partial charge in [0.15, 0.2) is 5.17 Å². The molecule has 2 aromatic rings. The van der Waals surface area contributed by atoms with Crippen LogP contribution in [0, 0.1) is 13.8 Å². The Kier molecular flexibility index (Phi) is 4.68. The van der Waals surface area contributed by atoms with Gasteiger partial charge >= 0.3 is 0 Å². The monoisotopic (exact) mass is 386 g/mol. The summed E-state index contributed by atoms with van der Waals surface area (Å²) in [5, 5.41) is 3.44. The minimum absolute atomic E-state index is 0.109. The average Bonchev–Trinajstić information content (AvgIpc) is 2.86. The van der Waals surface area contributed by atoms with Crippen LogP contribution in [0.15, 0.2) is 56.8 Å². The SMILES string of the molecule is Cc1cccc(N=C2NC(=O)/C(=C\c3ccc(Br)cc3)S2)c1C. The van der Waals surface area contributed by atoms with E-state index in [2.05, 4.69) is 39.2 Å². The Labute approximate surface area is 148 Å². The predicted molar refractivity (Wildman–Crippen MR) is 101 cm³/mol. The molecule has 5 heteroatoms. The van der Waals surface area contributed by atoms with Crippen LogP contribution in [0.5, 0.6) is 0 Å². The van der Waals surface area contributed by atoms with E-state index >= 15 is 0 Å². The number of aliphatic imine (C=N–C) groups is 1. The number of aryl methyl sites for hydroxylation is 1. The number of carbonyl (C=O) groups is 1. The van der Waals surface area contributed by atoms with Crippen molar-refractivity contribution in [2.45, 2.75) is 13.8 Å². The highest BCUT2D eigenvalue weighted by Crippen LogP contribution is 2.29. The fourth-order valence-electron chi connectivity index (χ4n) is 2.16. The van der Waals surface area contributed by atoms with Crippen molar-refractivity contribution in [3.8, 4) is 0 Å². The largest absolute Gasteiger partial charge is 0.300 e. The maximum absolute atomic E-state index is 12.1. The van der Waals surface area contributed by atoms with E-state index in [4.69, 9.17) is 0 Å². The summed E-state index contributed by atoms with van der Waals surface area (Å²) in [5.41, 5.74) is 4.18. The molecule has 0 aliphatic carbocycles. The molecule has 0 atom stereocenters. The van der Waals surface area contributed by atoms with Gasteiger partial charge in [0.2, 0.25) is 0 Å². The van der Waals surface area contributed by atoms with Gasteiger partial charge in [-0.3, -0.25) is 4.79 Å². The Morgan fingerprint density at radius 3 is 2.61 bits per heavy atom. The van der Waals surface area contributed by atoms with Crippen molar-refractivity contribution in [2.24, 2.45) is 4.99 Å². The second kappa shape index (κ2) is 6.72. The van der Waals surface area contributed by atoms with Gasteiger partial charge in [0.25, 0.3) is 5.91 Å². The number of nitrogens with zero attached hydrogens (tertiary/aromatic N) is 1. The number of halogens is 1. The molecule has 0 radical (unpaired) electrons. The summed E-state index contributed by atoms with van der Waals surface area (Å²) in [5.74, 6) is -0.109. The Morgan fingerprint density at radius 1 is 1.13 bits per heavy atom. The second-order valence-electron chi connectivity index (χ2n) is 5.25. The van der Waals surface area contributed by atoms with Gasteiger partial charge in [-0.1, -0.05) is 40.2 Å². The molecule has 1 saturated heterocycles. The lowest BCUT2D eigenvalue weighted by Gasteiger charge is -2.04. The van der Waals surface area contributed by atoms with Gasteiger partial charge in [0.1, 0.15) is 0 Å². The molecule has 0 bridgehead atoms. The summed E-state index contributed by atoms with van der Waals surface area (Å²) in [7, 11) is 0. The normalized spacial score (nSPS) is 17.8. The number of benzene rings is 2. The van der Waals surface area contributed by atoms with Gasteiger partial charge in [-0.25, -0.2) is 4.99 Å². The summed E-state index contributed by atoms with van der Waals surface area (Å²) in [6.45, 7) is 4.09. The molecule has 1 fully saturated rings. The molecule has 3 nitrogen and oxygen atoms in total. The van der Waals surface area contributed by atoms with Crippen LogP contribution < -0.4 is 5.32 Å². The number of hydrogen-bond donors (Lipinski definition) is 1. The zero-order valence-electron chi connectivity index (χ0n) is 12.8. The van der Waals surface area contributed by atoms with E-state index in [0.717, 1.165) is 21.3 Å². The maximum Gasteiger partial charge on any atom is 0.264 e. The molecule has 1 aliphatic rings. The van der Waals surface area contributed by atoms with E-state index in [1.54, 1.807) is 0 Å². The Balaban J connectivity index is 1.86. The summed E-state index contributed by atoms with van der Waals surface area (Å²) in [6.07, 6.45) is 1.87. The molecule has 23 heavy (non-hydrogen) atoms. The summed E-state index contributed by atoms with van der Waals surface area (Å²) < 4.78 is 1.01. The van der Waals surface area contributed by atoms with Gasteiger partial charge in [0, 0.05) is 4.47 Å². The number of amides is 1. The van der Waals surface area contributed by atoms with Gasteiger partial charge < -0.3 is 5.32 Å². The summed E-state index contributed by atoms with van der Waals surface area (Å²) in [6, 6.07) is 13.8. The number of carbonyl (C=O) groups excluding carboxylic acids is 1. The van der Waals surface area contributed by atoms with E-state index in [1.165, 1.54) is 17.3 Å². The Morgan fingerprint density at radius 2 is 1.87 bits per heavy atom. The van der Waals surface area contributed by atoms with Gasteiger partial charge in [-0.05, 0) is 66.6 Å². The predicted octanol–water partition coefficient (Wildman–Crippen LogP) is 4.96. The molecule has 0 aromatic heterocycles. The van der Waals surface area contributed by atoms with Gasteiger partial charge in [0.05, 0.1) is 10.6 Å². The zero-order valence-corrected chi connectivity index (χ0v) is 15.2. The highest BCUT2D eigenvalue weighted by Gasteiger charge is 2.23. The molecule has 0 saturated carbocycles. The van der Waals surface area contributed by atoms with Crippen LogP contribution in [0.2, 0.25) is 0 Å². The third-order valence-corrected chi connectivity index (χ3v) is 5.06. The molecular weight excluding hydrogens is 372 g/mol. The van der Waals surface area contributed by atoms with Crippen LogP contribution in [-0.2, 0) is 4.79 Å². The molecule has 1 aliphatic heterocycles. The van der Waals surface area contributed by atoms with E-state index in [-0.39, 0.29) is 5.91 Å². The lowest BCUT2D eigenvalue weighted by Crippen LogP contribution is -2.19. The first-order valence-electron chi connectivity index (χ1n) is 7.14. The topological polar surface area (TPSA) is 41.5 Å². The summed E-state index contributed by atoms with van der Waals surface area (Å²) >= 11 is 4.77. The summed E-state index contributed by atoms with van der Waals surface area (Å²) in [4.78, 5) is 17.3. The minimum Gasteiger partial charge on any atom is -0.300 e. The molecule has 116 valence electrons. The smallest absolute Gasteiger partial charge is 0.264 e. The molecule has 0 unspecified atom stereocenters. The van der Waals surface area contributed by atoms with Crippen molar-refractivity contribution in [3.63, 3.8) is 0 Å². The van der Waals surface area contributed by atoms with Crippen LogP contribution >= 0.6 is 27.7 Å². The third kappa shape index (κ3) is 3.74. The zero-order chi connectivity index (χ0) is 16.4. The maximum atomic E-state index is 12.1. The quantitative estimate of drug-likeness (QED) is 0.741. The standard InChI is InChI=1S/C18H15BrN2OS/c1-11-4-3-5-15(12(11)2)20-18-21-17(22)16(23-18)10-13-6-8-14(19)9-7-13/h3-10H,1-2H3,(H,20,21,22)/b16-10+. The molecule has 1 N–H and O–H groups in total. The molecular formula is C18H15BrN2OS. The van der Waals surface area contributed by atoms with E-state index in [9.17, 15) is 4.79 Å². The van der Waals surface area contributed by atoms with Gasteiger partial charge in [-0.2, -0.15) is 0 Å². The minimum atomic E-state index is -0.109. The van der Waals surface area contributed by atoms with E-state index in [1.807, 2.05) is 49.4 Å². The fraction of sp³-hybridized carbons (Fsp3) is 0.111. The first kappa shape index (κ1) is 16.0. The number of hydrogen-bond acceptors (Lipinski definition) is 3. The van der Waals surface area contributed by atoms with E-state index in [0.29, 0.717) is 10.1 Å². The lowest BCUT2D eigenvalue weighted by atomic mass is 10.1. The van der Waals surface area contributed by atoms with Crippen molar-refractivity contribution in [1.29, 1.82) is 0 Å². The average molecular weight is 387 g/mol. The Hall–Kier alpha value is -1.85. The second-order valence-corrected chi connectivity index (χ2v) is 7.20. The van der Waals surface area contributed by atoms with Crippen molar-refractivity contribution in [2.75, 3.05) is 0 Å². The third-order valence-electron chi connectivity index (χ3n) is 3.62. The van der Waals surface area contributed by atoms with Gasteiger partial charge in [-0.15, -0.1) is 0 Å². The fourth-order valence-corrected chi connectivity index (χ4v) is 3.26. The van der Waals surface area contributed by atoms with E-state index < -0.39 is 0 Å². The first-order valence-corrected chi connectivity index (χ1v) is 8.75. The number of rotatable bonds is 2. The molecule has 1 heterocycles.